The number of nitrogens with one attached hydrogen (secondary N) is 1. The summed E-state index contributed by atoms with van der Waals surface area (Å²) in [5, 5.41) is 2.92. The van der Waals surface area contributed by atoms with Crippen LogP contribution in [0, 0.1) is 0 Å². The molecular formula is C22H26N2O3. The van der Waals surface area contributed by atoms with Gasteiger partial charge in [-0.05, 0) is 54.7 Å². The van der Waals surface area contributed by atoms with Crippen LogP contribution >= 0.6 is 0 Å². The predicted molar refractivity (Wildman–Crippen MR) is 106 cm³/mol. The second kappa shape index (κ2) is 8.71. The average molecular weight is 366 g/mol. The normalized spacial score (nSPS) is 14.7. The predicted octanol–water partition coefficient (Wildman–Crippen LogP) is 4.06. The van der Waals surface area contributed by atoms with Gasteiger partial charge in [-0.15, -0.1) is 0 Å². The molecule has 1 N–H and O–H groups in total. The summed E-state index contributed by atoms with van der Waals surface area (Å²) in [6.45, 7) is 3.65. The maximum atomic E-state index is 12.5. The van der Waals surface area contributed by atoms with Crippen LogP contribution in [0.2, 0.25) is 0 Å². The van der Waals surface area contributed by atoms with Crippen LogP contribution in [-0.4, -0.2) is 36.9 Å². The Balaban J connectivity index is 1.60. The molecule has 142 valence electrons. The van der Waals surface area contributed by atoms with Crippen molar-refractivity contribution in [1.82, 2.24) is 4.90 Å². The molecule has 1 saturated heterocycles. The summed E-state index contributed by atoms with van der Waals surface area (Å²) in [5.74, 6) is 0.861. The number of rotatable bonds is 6. The molecule has 5 nitrogen and oxygen atoms in total. The van der Waals surface area contributed by atoms with Gasteiger partial charge in [0.1, 0.15) is 5.75 Å². The van der Waals surface area contributed by atoms with E-state index in [0.29, 0.717) is 17.7 Å². The number of carbonyl (C=O) groups is 2. The van der Waals surface area contributed by atoms with Crippen LogP contribution < -0.4 is 10.1 Å². The lowest BCUT2D eigenvalue weighted by Gasteiger charge is -2.16. The molecule has 5 heteroatoms. The monoisotopic (exact) mass is 366 g/mol. The highest BCUT2D eigenvalue weighted by atomic mass is 16.5. The number of likely N-dealkylation sites (tertiary alicyclic amines) is 1. The molecule has 0 bridgehead atoms. The average Bonchev–Trinajstić information content (AvgIpc) is 3.22. The summed E-state index contributed by atoms with van der Waals surface area (Å²) in [5.41, 5.74) is 2.37. The topological polar surface area (TPSA) is 58.6 Å². The molecule has 2 aromatic rings. The molecule has 1 unspecified atom stereocenters. The van der Waals surface area contributed by atoms with Gasteiger partial charge < -0.3 is 15.0 Å². The Morgan fingerprint density at radius 3 is 2.48 bits per heavy atom. The summed E-state index contributed by atoms with van der Waals surface area (Å²) < 4.78 is 5.17. The Morgan fingerprint density at radius 1 is 1.11 bits per heavy atom. The number of carbonyl (C=O) groups excluding carboxylic acids is 2. The third-order valence-electron chi connectivity index (χ3n) is 4.96. The first kappa shape index (κ1) is 19.0. The third kappa shape index (κ3) is 4.88. The summed E-state index contributed by atoms with van der Waals surface area (Å²) >= 11 is 0. The smallest absolute Gasteiger partial charge is 0.253 e. The largest absolute Gasteiger partial charge is 0.497 e. The van der Waals surface area contributed by atoms with E-state index in [0.717, 1.165) is 37.2 Å². The van der Waals surface area contributed by atoms with Gasteiger partial charge in [-0.1, -0.05) is 25.1 Å². The maximum absolute atomic E-state index is 12.5. The molecule has 1 atom stereocenters. The molecule has 1 fully saturated rings. The highest BCUT2D eigenvalue weighted by Crippen LogP contribution is 2.23. The van der Waals surface area contributed by atoms with Crippen LogP contribution in [0.25, 0.3) is 0 Å². The zero-order chi connectivity index (χ0) is 19.2. The fourth-order valence-corrected chi connectivity index (χ4v) is 3.37. The highest BCUT2D eigenvalue weighted by molar-refractivity contribution is 5.97. The Labute approximate surface area is 160 Å². The van der Waals surface area contributed by atoms with Crippen LogP contribution in [0.3, 0.4) is 0 Å². The van der Waals surface area contributed by atoms with Gasteiger partial charge in [0.2, 0.25) is 5.91 Å². The molecule has 0 saturated carbocycles. The standard InChI is InChI=1S/C22H26N2O3/c1-16(17-8-10-20(27-2)11-9-17)14-21(25)23-19-7-5-6-18(15-19)22(26)24-12-3-4-13-24/h5-11,15-16H,3-4,12-14H2,1-2H3,(H,23,25). The molecule has 0 aliphatic carbocycles. The van der Waals surface area contributed by atoms with Crippen LogP contribution in [0.1, 0.15) is 48.0 Å². The molecule has 2 amide bonds. The van der Waals surface area contributed by atoms with Crippen molar-refractivity contribution in [2.24, 2.45) is 0 Å². The van der Waals surface area contributed by atoms with Crippen molar-refractivity contribution in [3.05, 3.63) is 59.7 Å². The molecule has 0 spiro atoms. The molecule has 1 heterocycles. The number of methoxy groups -OCH3 is 1. The van der Waals surface area contributed by atoms with E-state index in [9.17, 15) is 9.59 Å². The number of ether oxygens (including phenoxy) is 1. The minimum atomic E-state index is -0.0657. The molecule has 1 aliphatic heterocycles. The van der Waals surface area contributed by atoms with Gasteiger partial charge in [-0.3, -0.25) is 9.59 Å². The first-order valence-corrected chi connectivity index (χ1v) is 9.40. The number of nitrogens with zero attached hydrogens (tertiary/aromatic N) is 1. The van der Waals surface area contributed by atoms with Crippen molar-refractivity contribution in [3.8, 4) is 5.75 Å². The summed E-state index contributed by atoms with van der Waals surface area (Å²) in [4.78, 5) is 26.8. The Hall–Kier alpha value is -2.82. The molecule has 2 aromatic carbocycles. The minimum Gasteiger partial charge on any atom is -0.497 e. The number of hydrogen-bond acceptors (Lipinski definition) is 3. The van der Waals surface area contributed by atoms with Crippen molar-refractivity contribution in [1.29, 1.82) is 0 Å². The Bertz CT molecular complexity index is 795. The van der Waals surface area contributed by atoms with E-state index in [1.165, 1.54) is 0 Å². The van der Waals surface area contributed by atoms with E-state index in [2.05, 4.69) is 5.32 Å². The van der Waals surface area contributed by atoms with E-state index >= 15 is 0 Å². The van der Waals surface area contributed by atoms with Crippen LogP contribution in [-0.2, 0) is 4.79 Å². The van der Waals surface area contributed by atoms with E-state index < -0.39 is 0 Å². The van der Waals surface area contributed by atoms with Gasteiger partial charge in [0.05, 0.1) is 7.11 Å². The van der Waals surface area contributed by atoms with Crippen LogP contribution in [0.5, 0.6) is 5.75 Å². The molecule has 27 heavy (non-hydrogen) atoms. The van der Waals surface area contributed by atoms with Gasteiger partial charge in [0.25, 0.3) is 5.91 Å². The molecule has 0 radical (unpaired) electrons. The van der Waals surface area contributed by atoms with Crippen molar-refractivity contribution in [2.75, 3.05) is 25.5 Å². The zero-order valence-corrected chi connectivity index (χ0v) is 15.9. The third-order valence-corrected chi connectivity index (χ3v) is 4.96. The van der Waals surface area contributed by atoms with Crippen molar-refractivity contribution in [3.63, 3.8) is 0 Å². The SMILES string of the molecule is COc1ccc(C(C)CC(=O)Nc2cccc(C(=O)N3CCCC3)c2)cc1. The highest BCUT2D eigenvalue weighted by Gasteiger charge is 2.20. The van der Waals surface area contributed by atoms with Gasteiger partial charge in [-0.25, -0.2) is 0 Å². The Kier molecular flexibility index (Phi) is 6.12. The fourth-order valence-electron chi connectivity index (χ4n) is 3.37. The van der Waals surface area contributed by atoms with Gasteiger partial charge >= 0.3 is 0 Å². The number of hydrogen-bond donors (Lipinski definition) is 1. The van der Waals surface area contributed by atoms with Gasteiger partial charge in [-0.2, -0.15) is 0 Å². The number of amides is 2. The lowest BCUT2D eigenvalue weighted by molar-refractivity contribution is -0.116. The molecule has 3 rings (SSSR count). The minimum absolute atomic E-state index is 0.0372. The molecule has 0 aromatic heterocycles. The molecule has 1 aliphatic rings. The van der Waals surface area contributed by atoms with E-state index in [1.807, 2.05) is 48.2 Å². The van der Waals surface area contributed by atoms with Crippen LogP contribution in [0.15, 0.2) is 48.5 Å². The summed E-state index contributed by atoms with van der Waals surface area (Å²) in [6, 6.07) is 14.9. The van der Waals surface area contributed by atoms with E-state index in [-0.39, 0.29) is 17.7 Å². The van der Waals surface area contributed by atoms with Crippen molar-refractivity contribution >= 4 is 17.5 Å². The van der Waals surface area contributed by atoms with Crippen LogP contribution in [0.4, 0.5) is 5.69 Å². The number of benzene rings is 2. The van der Waals surface area contributed by atoms with Gasteiger partial charge in [0, 0.05) is 30.8 Å². The molecular weight excluding hydrogens is 340 g/mol. The van der Waals surface area contributed by atoms with E-state index in [1.54, 1.807) is 19.2 Å². The second-order valence-electron chi connectivity index (χ2n) is 7.01. The number of anilines is 1. The van der Waals surface area contributed by atoms with Crippen molar-refractivity contribution in [2.45, 2.75) is 32.1 Å². The fraction of sp³-hybridized carbons (Fsp3) is 0.364. The Morgan fingerprint density at radius 2 is 1.81 bits per heavy atom. The quantitative estimate of drug-likeness (QED) is 0.839. The first-order chi connectivity index (χ1) is 13.1. The summed E-state index contributed by atoms with van der Waals surface area (Å²) in [7, 11) is 1.63. The van der Waals surface area contributed by atoms with Crippen molar-refractivity contribution < 1.29 is 14.3 Å². The van der Waals surface area contributed by atoms with Gasteiger partial charge in [0.15, 0.2) is 0 Å². The lowest BCUT2D eigenvalue weighted by atomic mass is 9.97. The first-order valence-electron chi connectivity index (χ1n) is 9.40. The maximum Gasteiger partial charge on any atom is 0.253 e. The lowest BCUT2D eigenvalue weighted by Crippen LogP contribution is -2.27. The van der Waals surface area contributed by atoms with E-state index in [4.69, 9.17) is 4.74 Å². The second-order valence-corrected chi connectivity index (χ2v) is 7.01. The zero-order valence-electron chi connectivity index (χ0n) is 15.9. The summed E-state index contributed by atoms with van der Waals surface area (Å²) in [6.07, 6.45) is 2.49.